The van der Waals surface area contributed by atoms with E-state index in [0.29, 0.717) is 11.7 Å². The number of carbonyl (C=O) groups is 1. The third-order valence-corrected chi connectivity index (χ3v) is 2.59. The summed E-state index contributed by atoms with van der Waals surface area (Å²) in [5.41, 5.74) is 3.18. The van der Waals surface area contributed by atoms with E-state index in [1.807, 2.05) is 32.0 Å². The minimum absolute atomic E-state index is 0.0502. The van der Waals surface area contributed by atoms with Crippen LogP contribution >= 0.6 is 12.2 Å². The number of nitrogens with one attached hydrogen (secondary N) is 2. The zero-order valence-corrected chi connectivity index (χ0v) is 10.7. The van der Waals surface area contributed by atoms with Crippen LogP contribution in [0.2, 0.25) is 0 Å². The molecule has 1 aromatic carbocycles. The number of aryl methyl sites for hydroxylation is 2. The Balaban J connectivity index is 2.53. The second-order valence-electron chi connectivity index (χ2n) is 3.79. The Bertz CT molecular complexity index is 412. The molecule has 92 valence electrons. The van der Waals surface area contributed by atoms with E-state index < -0.39 is 5.97 Å². The van der Waals surface area contributed by atoms with E-state index in [0.717, 1.165) is 16.8 Å². The van der Waals surface area contributed by atoms with Gasteiger partial charge in [-0.05, 0) is 37.2 Å². The number of hydrogen-bond donors (Lipinski definition) is 3. The predicted octanol–water partition coefficient (Wildman–Crippen LogP) is 2.06. The van der Waals surface area contributed by atoms with Gasteiger partial charge in [0.15, 0.2) is 5.11 Å². The van der Waals surface area contributed by atoms with Crippen molar-refractivity contribution in [2.45, 2.75) is 20.3 Å². The van der Waals surface area contributed by atoms with Gasteiger partial charge < -0.3 is 15.7 Å². The second-order valence-corrected chi connectivity index (χ2v) is 4.20. The number of hydrogen-bond acceptors (Lipinski definition) is 2. The van der Waals surface area contributed by atoms with Gasteiger partial charge in [0.2, 0.25) is 0 Å². The summed E-state index contributed by atoms with van der Waals surface area (Å²) in [7, 11) is 0. The van der Waals surface area contributed by atoms with E-state index >= 15 is 0 Å². The first-order valence-corrected chi connectivity index (χ1v) is 5.74. The lowest BCUT2D eigenvalue weighted by Gasteiger charge is -2.14. The van der Waals surface area contributed by atoms with Gasteiger partial charge in [-0.15, -0.1) is 0 Å². The number of para-hydroxylation sites is 1. The van der Waals surface area contributed by atoms with Crippen LogP contribution in [0.1, 0.15) is 17.5 Å². The first-order chi connectivity index (χ1) is 8.00. The van der Waals surface area contributed by atoms with E-state index in [9.17, 15) is 4.79 Å². The summed E-state index contributed by atoms with van der Waals surface area (Å²) in [6.45, 7) is 4.32. The number of benzene rings is 1. The van der Waals surface area contributed by atoms with Crippen molar-refractivity contribution < 1.29 is 9.90 Å². The summed E-state index contributed by atoms with van der Waals surface area (Å²) in [5.74, 6) is -0.840. The van der Waals surface area contributed by atoms with Gasteiger partial charge in [0, 0.05) is 12.2 Å². The Hall–Kier alpha value is -1.62. The molecule has 0 aliphatic rings. The van der Waals surface area contributed by atoms with Crippen molar-refractivity contribution >= 4 is 29.0 Å². The van der Waals surface area contributed by atoms with Crippen LogP contribution in [0.15, 0.2) is 18.2 Å². The lowest BCUT2D eigenvalue weighted by molar-refractivity contribution is -0.136. The summed E-state index contributed by atoms with van der Waals surface area (Å²) < 4.78 is 0. The third-order valence-electron chi connectivity index (χ3n) is 2.34. The highest BCUT2D eigenvalue weighted by molar-refractivity contribution is 7.80. The molecule has 0 aliphatic heterocycles. The van der Waals surface area contributed by atoms with E-state index in [1.165, 1.54) is 0 Å². The molecule has 0 spiro atoms. The second kappa shape index (κ2) is 6.20. The van der Waals surface area contributed by atoms with Gasteiger partial charge in [-0.2, -0.15) is 0 Å². The summed E-state index contributed by atoms with van der Waals surface area (Å²) in [4.78, 5) is 10.3. The molecule has 0 aromatic heterocycles. The lowest BCUT2D eigenvalue weighted by atomic mass is 10.1. The maximum atomic E-state index is 10.3. The molecule has 0 aliphatic carbocycles. The number of carboxylic acid groups (broad SMARTS) is 1. The highest BCUT2D eigenvalue weighted by Gasteiger charge is 2.04. The van der Waals surface area contributed by atoms with Crippen LogP contribution < -0.4 is 10.6 Å². The highest BCUT2D eigenvalue weighted by Crippen LogP contribution is 2.18. The smallest absolute Gasteiger partial charge is 0.305 e. The van der Waals surface area contributed by atoms with Gasteiger partial charge in [-0.1, -0.05) is 18.2 Å². The fourth-order valence-corrected chi connectivity index (χ4v) is 1.66. The quantitative estimate of drug-likeness (QED) is 0.716. The van der Waals surface area contributed by atoms with Crippen LogP contribution in [0.4, 0.5) is 5.69 Å². The third kappa shape index (κ3) is 4.40. The monoisotopic (exact) mass is 252 g/mol. The molecule has 17 heavy (non-hydrogen) atoms. The molecule has 5 heteroatoms. The van der Waals surface area contributed by atoms with E-state index in [4.69, 9.17) is 17.3 Å². The Morgan fingerprint density at radius 1 is 1.35 bits per heavy atom. The number of carboxylic acids is 1. The summed E-state index contributed by atoms with van der Waals surface area (Å²) >= 11 is 5.09. The minimum Gasteiger partial charge on any atom is -0.481 e. The molecule has 0 saturated heterocycles. The summed E-state index contributed by atoms with van der Waals surface area (Å²) in [6.07, 6.45) is 0.0502. The normalized spacial score (nSPS) is 9.76. The molecule has 4 nitrogen and oxygen atoms in total. The average Bonchev–Trinajstić information content (AvgIpc) is 2.23. The van der Waals surface area contributed by atoms with E-state index in [1.54, 1.807) is 0 Å². The molecule has 1 rings (SSSR count). The molecule has 3 N–H and O–H groups in total. The first-order valence-electron chi connectivity index (χ1n) is 5.33. The number of anilines is 1. The molecule has 0 atom stereocenters. The molecule has 0 heterocycles. The van der Waals surface area contributed by atoms with Crippen molar-refractivity contribution in [1.29, 1.82) is 0 Å². The van der Waals surface area contributed by atoms with Crippen LogP contribution in [0.25, 0.3) is 0 Å². The van der Waals surface area contributed by atoms with Crippen LogP contribution in [-0.4, -0.2) is 22.7 Å². The van der Waals surface area contributed by atoms with E-state index in [2.05, 4.69) is 10.6 Å². The number of aliphatic carboxylic acids is 1. The Kier molecular flexibility index (Phi) is 4.90. The summed E-state index contributed by atoms with van der Waals surface area (Å²) in [6, 6.07) is 5.97. The average molecular weight is 252 g/mol. The van der Waals surface area contributed by atoms with Gasteiger partial charge in [-0.25, -0.2) is 0 Å². The maximum absolute atomic E-state index is 10.3. The van der Waals surface area contributed by atoms with E-state index in [-0.39, 0.29) is 6.42 Å². The molecular formula is C12H16N2O2S. The van der Waals surface area contributed by atoms with Gasteiger partial charge in [-0.3, -0.25) is 4.79 Å². The largest absolute Gasteiger partial charge is 0.481 e. The molecule has 0 fully saturated rings. The van der Waals surface area contributed by atoms with Crippen LogP contribution in [-0.2, 0) is 4.79 Å². The first kappa shape index (κ1) is 13.4. The molecule has 0 bridgehead atoms. The molecular weight excluding hydrogens is 236 g/mol. The van der Waals surface area contributed by atoms with Crippen molar-refractivity contribution in [2.75, 3.05) is 11.9 Å². The minimum atomic E-state index is -0.840. The number of rotatable bonds is 4. The Labute approximate surface area is 106 Å². The maximum Gasteiger partial charge on any atom is 0.305 e. The molecule has 0 amide bonds. The van der Waals surface area contributed by atoms with Crippen molar-refractivity contribution in [1.82, 2.24) is 5.32 Å². The standard InChI is InChI=1S/C12H16N2O2S/c1-8-4-3-5-9(2)11(8)14-12(17)13-7-6-10(15)16/h3-5H,6-7H2,1-2H3,(H,15,16)(H2,13,14,17). The SMILES string of the molecule is Cc1cccc(C)c1NC(=S)NCCC(=O)O. The summed E-state index contributed by atoms with van der Waals surface area (Å²) in [5, 5.41) is 14.9. The van der Waals surface area contributed by atoms with Gasteiger partial charge in [0.1, 0.15) is 0 Å². The zero-order valence-electron chi connectivity index (χ0n) is 9.91. The topological polar surface area (TPSA) is 61.4 Å². The Morgan fingerprint density at radius 3 is 2.47 bits per heavy atom. The number of thiocarbonyl (C=S) groups is 1. The molecule has 0 unspecified atom stereocenters. The van der Waals surface area contributed by atoms with Gasteiger partial charge in [0.05, 0.1) is 6.42 Å². The van der Waals surface area contributed by atoms with Crippen molar-refractivity contribution in [3.8, 4) is 0 Å². The molecule has 0 saturated carbocycles. The highest BCUT2D eigenvalue weighted by atomic mass is 32.1. The molecule has 0 radical (unpaired) electrons. The fourth-order valence-electron chi connectivity index (χ4n) is 1.45. The zero-order chi connectivity index (χ0) is 12.8. The Morgan fingerprint density at radius 2 is 1.94 bits per heavy atom. The molecule has 1 aromatic rings. The van der Waals surface area contributed by atoms with Gasteiger partial charge in [0.25, 0.3) is 0 Å². The lowest BCUT2D eigenvalue weighted by Crippen LogP contribution is -2.30. The van der Waals surface area contributed by atoms with Crippen molar-refractivity contribution in [2.24, 2.45) is 0 Å². The van der Waals surface area contributed by atoms with Crippen LogP contribution in [0.5, 0.6) is 0 Å². The van der Waals surface area contributed by atoms with Crippen molar-refractivity contribution in [3.05, 3.63) is 29.3 Å². The predicted molar refractivity (Wildman–Crippen MR) is 72.4 cm³/mol. The fraction of sp³-hybridized carbons (Fsp3) is 0.333. The van der Waals surface area contributed by atoms with Crippen LogP contribution in [0.3, 0.4) is 0 Å². The van der Waals surface area contributed by atoms with Crippen molar-refractivity contribution in [3.63, 3.8) is 0 Å². The van der Waals surface area contributed by atoms with Gasteiger partial charge >= 0.3 is 5.97 Å². The van der Waals surface area contributed by atoms with Crippen LogP contribution in [0, 0.1) is 13.8 Å².